The van der Waals surface area contributed by atoms with E-state index in [0.717, 1.165) is 6.07 Å². The lowest BCUT2D eigenvalue weighted by atomic mass is 10.1. The largest absolute Gasteiger partial charge is 0.486 e. The van der Waals surface area contributed by atoms with E-state index in [4.69, 9.17) is 21.1 Å². The van der Waals surface area contributed by atoms with E-state index < -0.39 is 17.6 Å². The van der Waals surface area contributed by atoms with Crippen LogP contribution in [-0.2, 0) is 17.4 Å². The van der Waals surface area contributed by atoms with Gasteiger partial charge in [0.2, 0.25) is 5.91 Å². The number of rotatable bonds is 4. The maximum atomic E-state index is 13.6. The summed E-state index contributed by atoms with van der Waals surface area (Å²) in [4.78, 5) is 12.4. The Morgan fingerprint density at radius 3 is 2.73 bits per heavy atom. The smallest absolute Gasteiger partial charge is 0.418 e. The highest BCUT2D eigenvalue weighted by Crippen LogP contribution is 2.39. The van der Waals surface area contributed by atoms with Crippen molar-refractivity contribution in [2.45, 2.75) is 12.6 Å². The Bertz CT molecular complexity index is 1080. The first-order valence-corrected chi connectivity index (χ1v) is 9.28. The van der Waals surface area contributed by atoms with Crippen molar-refractivity contribution in [1.82, 2.24) is 9.78 Å². The highest BCUT2D eigenvalue weighted by Gasteiger charge is 2.34. The van der Waals surface area contributed by atoms with Gasteiger partial charge in [0.25, 0.3) is 0 Å². The lowest BCUT2D eigenvalue weighted by Crippen LogP contribution is -2.19. The van der Waals surface area contributed by atoms with Gasteiger partial charge in [0.15, 0.2) is 11.5 Å². The summed E-state index contributed by atoms with van der Waals surface area (Å²) in [5.41, 5.74) is -0.594. The van der Waals surface area contributed by atoms with Crippen LogP contribution in [0.25, 0.3) is 5.69 Å². The van der Waals surface area contributed by atoms with Crippen LogP contribution in [0.1, 0.15) is 11.1 Å². The molecule has 3 aromatic rings. The SMILES string of the molecule is O=C(Cc1cc(Cl)c2c(c1)OCCO2)Nc1ccc(-n2cccn2)cc1C(F)(F)F. The van der Waals surface area contributed by atoms with E-state index in [1.807, 2.05) is 0 Å². The van der Waals surface area contributed by atoms with Gasteiger partial charge in [0, 0.05) is 12.4 Å². The van der Waals surface area contributed by atoms with Gasteiger partial charge < -0.3 is 14.8 Å². The quantitative estimate of drug-likeness (QED) is 0.653. The first kappa shape index (κ1) is 20.1. The van der Waals surface area contributed by atoms with Gasteiger partial charge in [0.05, 0.1) is 28.4 Å². The molecule has 2 aromatic carbocycles. The van der Waals surface area contributed by atoms with E-state index in [1.165, 1.54) is 35.3 Å². The third-order valence-electron chi connectivity index (χ3n) is 4.37. The van der Waals surface area contributed by atoms with E-state index in [-0.39, 0.29) is 22.8 Å². The molecule has 0 unspecified atom stereocenters. The standard InChI is InChI=1S/C20H15ClF3N3O3/c21-15-8-12(9-17-19(15)30-7-6-29-17)10-18(28)26-16-3-2-13(27-5-1-4-25-27)11-14(16)20(22,23)24/h1-5,8-9,11H,6-7,10H2,(H,26,28). The summed E-state index contributed by atoms with van der Waals surface area (Å²) in [6.45, 7) is 0.706. The van der Waals surface area contributed by atoms with Crippen molar-refractivity contribution in [3.8, 4) is 17.2 Å². The Morgan fingerprint density at radius 2 is 2.00 bits per heavy atom. The Kier molecular flexibility index (Phi) is 5.29. The molecule has 0 atom stereocenters. The van der Waals surface area contributed by atoms with Gasteiger partial charge in [-0.15, -0.1) is 0 Å². The highest BCUT2D eigenvalue weighted by molar-refractivity contribution is 6.32. The molecule has 0 bridgehead atoms. The molecule has 0 aliphatic carbocycles. The van der Waals surface area contributed by atoms with E-state index in [2.05, 4.69) is 10.4 Å². The lowest BCUT2D eigenvalue weighted by molar-refractivity contribution is -0.137. The average molecular weight is 438 g/mol. The van der Waals surface area contributed by atoms with E-state index in [9.17, 15) is 18.0 Å². The number of carbonyl (C=O) groups excluding carboxylic acids is 1. The molecule has 0 fully saturated rings. The van der Waals surface area contributed by atoms with E-state index in [1.54, 1.807) is 12.1 Å². The molecule has 1 aromatic heterocycles. The van der Waals surface area contributed by atoms with Crippen molar-refractivity contribution in [2.24, 2.45) is 0 Å². The van der Waals surface area contributed by atoms with Gasteiger partial charge in [-0.05, 0) is 42.0 Å². The minimum absolute atomic E-state index is 0.186. The van der Waals surface area contributed by atoms with Gasteiger partial charge in [-0.1, -0.05) is 11.6 Å². The fraction of sp³-hybridized carbons (Fsp3) is 0.200. The molecule has 156 valence electrons. The van der Waals surface area contributed by atoms with Crippen molar-refractivity contribution in [3.05, 3.63) is 64.9 Å². The van der Waals surface area contributed by atoms with Crippen molar-refractivity contribution in [2.75, 3.05) is 18.5 Å². The summed E-state index contributed by atoms with van der Waals surface area (Å²) < 4.78 is 52.9. The van der Waals surface area contributed by atoms with Crippen LogP contribution in [0.4, 0.5) is 18.9 Å². The van der Waals surface area contributed by atoms with Crippen LogP contribution in [0.2, 0.25) is 5.02 Å². The molecule has 4 rings (SSSR count). The zero-order chi connectivity index (χ0) is 21.3. The molecule has 2 heterocycles. The number of carbonyl (C=O) groups is 1. The van der Waals surface area contributed by atoms with Crippen LogP contribution in [-0.4, -0.2) is 28.9 Å². The van der Waals surface area contributed by atoms with Gasteiger partial charge in [-0.3, -0.25) is 4.79 Å². The second-order valence-corrected chi connectivity index (χ2v) is 6.91. The maximum Gasteiger partial charge on any atom is 0.418 e. The molecule has 6 nitrogen and oxygen atoms in total. The molecule has 30 heavy (non-hydrogen) atoms. The Morgan fingerprint density at radius 1 is 1.20 bits per heavy atom. The molecule has 1 amide bonds. The van der Waals surface area contributed by atoms with Crippen LogP contribution in [0, 0.1) is 0 Å². The average Bonchev–Trinajstić information content (AvgIpc) is 3.22. The number of alkyl halides is 3. The van der Waals surface area contributed by atoms with Crippen LogP contribution in [0.15, 0.2) is 48.8 Å². The number of halogens is 4. The van der Waals surface area contributed by atoms with Crippen molar-refractivity contribution in [3.63, 3.8) is 0 Å². The van der Waals surface area contributed by atoms with Gasteiger partial charge >= 0.3 is 6.18 Å². The molecule has 1 aliphatic heterocycles. The Labute approximate surface area is 174 Å². The minimum atomic E-state index is -4.66. The van der Waals surface area contributed by atoms with Gasteiger partial charge in [-0.25, -0.2) is 4.68 Å². The predicted octanol–water partition coefficient (Wildman–Crippen LogP) is 4.50. The lowest BCUT2D eigenvalue weighted by Gasteiger charge is -2.20. The van der Waals surface area contributed by atoms with Gasteiger partial charge in [-0.2, -0.15) is 18.3 Å². The third-order valence-corrected chi connectivity index (χ3v) is 4.65. The molecule has 0 saturated carbocycles. The Hall–Kier alpha value is -3.20. The highest BCUT2D eigenvalue weighted by atomic mass is 35.5. The van der Waals surface area contributed by atoms with E-state index in [0.29, 0.717) is 30.3 Å². The fourth-order valence-corrected chi connectivity index (χ4v) is 3.37. The summed E-state index contributed by atoms with van der Waals surface area (Å²) in [6, 6.07) is 8.30. The summed E-state index contributed by atoms with van der Waals surface area (Å²) in [5.74, 6) is 0.164. The monoisotopic (exact) mass is 437 g/mol. The zero-order valence-electron chi connectivity index (χ0n) is 15.4. The van der Waals surface area contributed by atoms with Crippen LogP contribution in [0.3, 0.4) is 0 Å². The fourth-order valence-electron chi connectivity index (χ4n) is 3.09. The number of aromatic nitrogens is 2. The molecular formula is C20H15ClF3N3O3. The number of nitrogens with zero attached hydrogens (tertiary/aromatic N) is 2. The van der Waals surface area contributed by atoms with E-state index >= 15 is 0 Å². The minimum Gasteiger partial charge on any atom is -0.486 e. The number of anilines is 1. The molecule has 0 saturated heterocycles. The molecule has 10 heteroatoms. The maximum absolute atomic E-state index is 13.6. The number of fused-ring (bicyclic) bond motifs is 1. The number of amides is 1. The van der Waals surface area contributed by atoms with Crippen LogP contribution in [0.5, 0.6) is 11.5 Å². The molecule has 0 radical (unpaired) electrons. The number of benzene rings is 2. The van der Waals surface area contributed by atoms with Crippen molar-refractivity contribution < 1.29 is 27.4 Å². The second kappa shape index (κ2) is 7.91. The number of hydrogen-bond donors (Lipinski definition) is 1. The predicted molar refractivity (Wildman–Crippen MR) is 103 cm³/mol. The number of nitrogens with one attached hydrogen (secondary N) is 1. The summed E-state index contributed by atoms with van der Waals surface area (Å²) in [7, 11) is 0. The summed E-state index contributed by atoms with van der Waals surface area (Å²) >= 11 is 6.15. The summed E-state index contributed by atoms with van der Waals surface area (Å²) in [6.07, 6.45) is -1.86. The normalized spacial score (nSPS) is 13.2. The molecular weight excluding hydrogens is 423 g/mol. The Balaban J connectivity index is 1.56. The first-order chi connectivity index (χ1) is 14.3. The van der Waals surface area contributed by atoms with Gasteiger partial charge in [0.1, 0.15) is 13.2 Å². The first-order valence-electron chi connectivity index (χ1n) is 8.90. The summed E-state index contributed by atoms with van der Waals surface area (Å²) in [5, 5.41) is 6.53. The molecule has 0 spiro atoms. The number of hydrogen-bond acceptors (Lipinski definition) is 4. The van der Waals surface area contributed by atoms with Crippen molar-refractivity contribution in [1.29, 1.82) is 0 Å². The van der Waals surface area contributed by atoms with Crippen molar-refractivity contribution >= 4 is 23.2 Å². The molecule has 1 aliphatic rings. The number of ether oxygens (including phenoxy) is 2. The van der Waals surface area contributed by atoms with Crippen LogP contribution >= 0.6 is 11.6 Å². The third kappa shape index (κ3) is 4.20. The zero-order valence-corrected chi connectivity index (χ0v) is 16.1. The second-order valence-electron chi connectivity index (χ2n) is 6.51. The molecule has 1 N–H and O–H groups in total. The van der Waals surface area contributed by atoms with Crippen LogP contribution < -0.4 is 14.8 Å². The topological polar surface area (TPSA) is 65.4 Å².